The van der Waals surface area contributed by atoms with Gasteiger partial charge in [0.1, 0.15) is 6.54 Å². The van der Waals surface area contributed by atoms with Crippen LogP contribution in [0.15, 0.2) is 68.6 Å². The van der Waals surface area contributed by atoms with Gasteiger partial charge in [-0.25, -0.2) is 13.8 Å². The summed E-state index contributed by atoms with van der Waals surface area (Å²) in [4.78, 5) is 12.4. The average Bonchev–Trinajstić information content (AvgIpc) is 2.99. The molecule has 3 aromatic rings. The number of nitrogens with one attached hydrogen (secondary N) is 1. The van der Waals surface area contributed by atoms with Crippen molar-refractivity contribution in [3.8, 4) is 5.69 Å². The second kappa shape index (κ2) is 10.0. The summed E-state index contributed by atoms with van der Waals surface area (Å²) in [5.74, 6) is -0.548. The Hall–Kier alpha value is -2.43. The van der Waals surface area contributed by atoms with E-state index in [1.165, 1.54) is 0 Å². The van der Waals surface area contributed by atoms with Gasteiger partial charge >= 0.3 is 0 Å². The number of halogens is 2. The molecule has 0 aliphatic rings. The Morgan fingerprint density at radius 2 is 1.78 bits per heavy atom. The molecule has 1 amide bonds. The summed E-state index contributed by atoms with van der Waals surface area (Å²) < 4.78 is 29.2. The third kappa shape index (κ3) is 5.87. The lowest BCUT2D eigenvalue weighted by atomic mass is 10.2. The first-order chi connectivity index (χ1) is 15.1. The molecule has 0 aliphatic carbocycles. The van der Waals surface area contributed by atoms with Crippen LogP contribution >= 0.6 is 31.9 Å². The number of aryl methyl sites for hydroxylation is 1. The van der Waals surface area contributed by atoms with Crippen molar-refractivity contribution < 1.29 is 13.2 Å². The summed E-state index contributed by atoms with van der Waals surface area (Å²) in [6.45, 7) is 3.58. The Morgan fingerprint density at radius 3 is 2.41 bits per heavy atom. The zero-order chi connectivity index (χ0) is 23.5. The van der Waals surface area contributed by atoms with Crippen molar-refractivity contribution in [2.45, 2.75) is 13.8 Å². The predicted molar refractivity (Wildman–Crippen MR) is 135 cm³/mol. The molecule has 168 valence electrons. The molecule has 0 atom stereocenters. The lowest BCUT2D eigenvalue weighted by Crippen LogP contribution is -2.39. The van der Waals surface area contributed by atoms with Gasteiger partial charge in [-0.3, -0.25) is 9.10 Å². The van der Waals surface area contributed by atoms with E-state index in [0.717, 1.165) is 37.7 Å². The first kappa shape index (κ1) is 24.2. The van der Waals surface area contributed by atoms with Gasteiger partial charge in [-0.1, -0.05) is 37.9 Å². The first-order valence-corrected chi connectivity index (χ1v) is 13.0. The van der Waals surface area contributed by atoms with E-state index in [0.29, 0.717) is 10.2 Å². The van der Waals surface area contributed by atoms with Crippen molar-refractivity contribution in [1.82, 2.24) is 9.99 Å². The summed E-state index contributed by atoms with van der Waals surface area (Å²) in [6.07, 6.45) is 2.61. The molecule has 0 saturated carbocycles. The molecule has 1 N–H and O–H groups in total. The minimum Gasteiger partial charge on any atom is -0.318 e. The minimum atomic E-state index is -3.66. The monoisotopic (exact) mass is 580 g/mol. The van der Waals surface area contributed by atoms with Gasteiger partial charge in [0.2, 0.25) is 10.0 Å². The molecule has 0 saturated heterocycles. The molecule has 1 aromatic heterocycles. The molecule has 0 aliphatic heterocycles. The van der Waals surface area contributed by atoms with Crippen LogP contribution in [-0.4, -0.2) is 37.9 Å². The zero-order valence-electron chi connectivity index (χ0n) is 17.7. The van der Waals surface area contributed by atoms with E-state index >= 15 is 0 Å². The van der Waals surface area contributed by atoms with E-state index in [1.54, 1.807) is 30.5 Å². The molecule has 3 rings (SSSR count). The number of benzene rings is 2. The van der Waals surface area contributed by atoms with Crippen LogP contribution in [0.5, 0.6) is 0 Å². The molecule has 10 heteroatoms. The maximum absolute atomic E-state index is 12.4. The van der Waals surface area contributed by atoms with Crippen LogP contribution in [0.4, 0.5) is 5.69 Å². The number of nitrogens with zero attached hydrogens (tertiary/aromatic N) is 3. The SMILES string of the molecule is Cc1cc(/C=N/NC(=O)CN(c2cccc(Br)c2)S(C)(=O)=O)c(C)n1-c1ccc(Br)cc1. The van der Waals surface area contributed by atoms with Crippen LogP contribution in [0, 0.1) is 13.8 Å². The molecule has 0 radical (unpaired) electrons. The number of rotatable bonds is 7. The second-order valence-corrected chi connectivity index (χ2v) is 10.9. The highest BCUT2D eigenvalue weighted by Crippen LogP contribution is 2.23. The first-order valence-electron chi connectivity index (χ1n) is 9.56. The number of hydrogen-bond acceptors (Lipinski definition) is 4. The highest BCUT2D eigenvalue weighted by atomic mass is 79.9. The number of carbonyl (C=O) groups is 1. The zero-order valence-corrected chi connectivity index (χ0v) is 21.7. The second-order valence-electron chi connectivity index (χ2n) is 7.18. The van der Waals surface area contributed by atoms with Gasteiger partial charge in [-0.15, -0.1) is 0 Å². The van der Waals surface area contributed by atoms with Crippen LogP contribution in [0.3, 0.4) is 0 Å². The van der Waals surface area contributed by atoms with Crippen LogP contribution in [0.2, 0.25) is 0 Å². The van der Waals surface area contributed by atoms with E-state index < -0.39 is 15.9 Å². The summed E-state index contributed by atoms with van der Waals surface area (Å²) in [6, 6.07) is 16.7. The van der Waals surface area contributed by atoms with Gasteiger partial charge in [0.05, 0.1) is 18.2 Å². The quantitative estimate of drug-likeness (QED) is 0.328. The van der Waals surface area contributed by atoms with Crippen LogP contribution in [0.25, 0.3) is 5.69 Å². The van der Waals surface area contributed by atoms with E-state index in [9.17, 15) is 13.2 Å². The number of sulfonamides is 1. The van der Waals surface area contributed by atoms with Crippen LogP contribution < -0.4 is 9.73 Å². The Labute approximate surface area is 204 Å². The molecule has 0 unspecified atom stereocenters. The topological polar surface area (TPSA) is 83.8 Å². The van der Waals surface area contributed by atoms with E-state index in [-0.39, 0.29) is 6.54 Å². The number of hydrazone groups is 1. The Morgan fingerprint density at radius 1 is 1.09 bits per heavy atom. The van der Waals surface area contributed by atoms with Crippen molar-refractivity contribution >= 4 is 59.7 Å². The highest BCUT2D eigenvalue weighted by molar-refractivity contribution is 9.10. The van der Waals surface area contributed by atoms with Gasteiger partial charge in [0.15, 0.2) is 0 Å². The molecule has 7 nitrogen and oxygen atoms in total. The molecule has 0 spiro atoms. The van der Waals surface area contributed by atoms with Gasteiger partial charge in [0, 0.05) is 31.6 Å². The Kier molecular flexibility index (Phi) is 7.58. The van der Waals surface area contributed by atoms with Gasteiger partial charge in [-0.2, -0.15) is 5.10 Å². The normalized spacial score (nSPS) is 11.7. The van der Waals surface area contributed by atoms with Gasteiger partial charge in [0.25, 0.3) is 5.91 Å². The van der Waals surface area contributed by atoms with E-state index in [1.807, 2.05) is 44.2 Å². The molecule has 0 bridgehead atoms. The third-order valence-corrected chi connectivity index (χ3v) is 6.89. The fourth-order valence-corrected chi connectivity index (χ4v) is 4.78. The maximum atomic E-state index is 12.4. The van der Waals surface area contributed by atoms with E-state index in [2.05, 4.69) is 47.0 Å². The summed E-state index contributed by atoms with van der Waals surface area (Å²) in [5, 5.41) is 4.03. The molecule has 32 heavy (non-hydrogen) atoms. The number of amides is 1. The fourth-order valence-electron chi connectivity index (χ4n) is 3.28. The fraction of sp³-hybridized carbons (Fsp3) is 0.182. The number of carbonyl (C=O) groups excluding carboxylic acids is 1. The van der Waals surface area contributed by atoms with Crippen molar-refractivity contribution in [2.24, 2.45) is 5.10 Å². The van der Waals surface area contributed by atoms with Crippen molar-refractivity contribution in [2.75, 3.05) is 17.1 Å². The van der Waals surface area contributed by atoms with Gasteiger partial charge < -0.3 is 4.57 Å². The highest BCUT2D eigenvalue weighted by Gasteiger charge is 2.21. The van der Waals surface area contributed by atoms with Crippen molar-refractivity contribution in [3.63, 3.8) is 0 Å². The molecule has 1 heterocycles. The predicted octanol–water partition coefficient (Wildman–Crippen LogP) is 4.54. The molecule has 2 aromatic carbocycles. The lowest BCUT2D eigenvalue weighted by molar-refractivity contribution is -0.119. The van der Waals surface area contributed by atoms with Crippen molar-refractivity contribution in [3.05, 3.63) is 80.5 Å². The summed E-state index contributed by atoms with van der Waals surface area (Å²) >= 11 is 6.76. The molecular formula is C22H22Br2N4O3S. The van der Waals surface area contributed by atoms with Crippen molar-refractivity contribution in [1.29, 1.82) is 0 Å². The summed E-state index contributed by atoms with van der Waals surface area (Å²) in [5.41, 5.74) is 6.66. The minimum absolute atomic E-state index is 0.384. The molecular weight excluding hydrogens is 560 g/mol. The summed E-state index contributed by atoms with van der Waals surface area (Å²) in [7, 11) is -3.66. The third-order valence-electron chi connectivity index (χ3n) is 4.73. The van der Waals surface area contributed by atoms with Crippen LogP contribution in [0.1, 0.15) is 17.0 Å². The largest absolute Gasteiger partial charge is 0.318 e. The number of aromatic nitrogens is 1. The molecule has 0 fully saturated rings. The average molecular weight is 582 g/mol. The van der Waals surface area contributed by atoms with Crippen LogP contribution in [-0.2, 0) is 14.8 Å². The Balaban J connectivity index is 1.73. The number of anilines is 1. The lowest BCUT2D eigenvalue weighted by Gasteiger charge is -2.21. The Bertz CT molecular complexity index is 1270. The van der Waals surface area contributed by atoms with Gasteiger partial charge in [-0.05, 0) is 62.4 Å². The smallest absolute Gasteiger partial charge is 0.260 e. The standard InChI is InChI=1S/C22H22Br2N4O3S/c1-15-11-17(16(2)28(15)20-9-7-18(23)8-10-20)13-25-26-22(29)14-27(32(3,30)31)21-6-4-5-19(24)12-21/h4-13H,14H2,1-3H3,(H,26,29)/b25-13+. The van der Waals surface area contributed by atoms with E-state index in [4.69, 9.17) is 0 Å². The maximum Gasteiger partial charge on any atom is 0.260 e. The number of hydrogen-bond donors (Lipinski definition) is 1.